The SMILES string of the molecule is CC(C)=CCC[C@@](C)(O[C@@H]1O[C@H](CO)[C@@H](O)[C@H](O)[C@H]1O)C1CC[C@]2(C)C1[C@H](O)C[C@@H]1[C@@]3(C)CC[C@H](O)C(C)(C)[C@@H]3[C@@H](OC3O[C@H](CO)[C@@H](O)[C@H](O)[C@H]3O[C@@H]3OC[C@@H](O)[C@H](O)[C@H]3O)C[C@]12C. The molecule has 18 nitrogen and oxygen atoms in total. The quantitative estimate of drug-likeness (QED) is 0.0874. The fraction of sp³-hybridized carbons (Fsp3) is 0.957. The van der Waals surface area contributed by atoms with Gasteiger partial charge in [0.2, 0.25) is 0 Å². The van der Waals surface area contributed by atoms with E-state index in [9.17, 15) is 61.3 Å². The summed E-state index contributed by atoms with van der Waals surface area (Å²) in [4.78, 5) is 0. The van der Waals surface area contributed by atoms with Crippen molar-refractivity contribution in [3.05, 3.63) is 11.6 Å². The van der Waals surface area contributed by atoms with E-state index in [4.69, 9.17) is 28.4 Å². The molecule has 3 heterocycles. The molecular formula is C47H80O18. The highest BCUT2D eigenvalue weighted by atomic mass is 16.8. The van der Waals surface area contributed by atoms with Gasteiger partial charge < -0.3 is 89.7 Å². The van der Waals surface area contributed by atoms with E-state index in [0.717, 1.165) is 5.57 Å². The minimum atomic E-state index is -1.73. The second-order valence-corrected chi connectivity index (χ2v) is 22.6. The van der Waals surface area contributed by atoms with Gasteiger partial charge in [-0.2, -0.15) is 0 Å². The van der Waals surface area contributed by atoms with Gasteiger partial charge in [0, 0.05) is 0 Å². The zero-order valence-corrected chi connectivity index (χ0v) is 39.3. The Morgan fingerprint density at radius 1 is 0.692 bits per heavy atom. The summed E-state index contributed by atoms with van der Waals surface area (Å²) in [5, 5.41) is 131. The molecule has 7 fully saturated rings. The molecule has 0 aromatic carbocycles. The highest BCUT2D eigenvalue weighted by Crippen LogP contribution is 2.76. The van der Waals surface area contributed by atoms with E-state index in [1.165, 1.54) is 0 Å². The zero-order valence-electron chi connectivity index (χ0n) is 39.3. The third-order valence-electron chi connectivity index (χ3n) is 18.3. The smallest absolute Gasteiger partial charge is 0.187 e. The topological polar surface area (TPSA) is 298 Å². The van der Waals surface area contributed by atoms with Crippen LogP contribution in [0.4, 0.5) is 0 Å². The third-order valence-corrected chi connectivity index (χ3v) is 18.3. The van der Waals surface area contributed by atoms with Gasteiger partial charge >= 0.3 is 0 Å². The van der Waals surface area contributed by atoms with Gasteiger partial charge in [-0.1, -0.05) is 46.3 Å². The van der Waals surface area contributed by atoms with Gasteiger partial charge in [0.15, 0.2) is 18.9 Å². The number of ether oxygens (including phenoxy) is 6. The normalized spacial score (nSPS) is 53.0. The lowest BCUT2D eigenvalue weighted by atomic mass is 9.34. The molecule has 3 aliphatic heterocycles. The Kier molecular flexibility index (Phi) is 15.1. The number of fused-ring (bicyclic) bond motifs is 5. The van der Waals surface area contributed by atoms with Gasteiger partial charge in [0.1, 0.15) is 67.1 Å². The molecule has 0 radical (unpaired) electrons. The van der Waals surface area contributed by atoms with Crippen molar-refractivity contribution in [2.24, 2.45) is 45.3 Å². The van der Waals surface area contributed by atoms with E-state index in [2.05, 4.69) is 26.8 Å². The minimum Gasteiger partial charge on any atom is -0.394 e. The van der Waals surface area contributed by atoms with Crippen LogP contribution < -0.4 is 0 Å². The summed E-state index contributed by atoms with van der Waals surface area (Å²) in [6.45, 7) is 15.0. The monoisotopic (exact) mass is 933 g/mol. The maximum Gasteiger partial charge on any atom is 0.187 e. The molecule has 0 spiro atoms. The highest BCUT2D eigenvalue weighted by Gasteiger charge is 2.74. The van der Waals surface area contributed by atoms with Gasteiger partial charge in [-0.05, 0) is 117 Å². The summed E-state index contributed by atoms with van der Waals surface area (Å²) in [5.41, 5.74) is -2.41. The van der Waals surface area contributed by atoms with Gasteiger partial charge in [0.25, 0.3) is 0 Å². The average molecular weight is 933 g/mol. The van der Waals surface area contributed by atoms with Crippen molar-refractivity contribution < 1.29 is 89.7 Å². The molecular weight excluding hydrogens is 852 g/mol. The summed E-state index contributed by atoms with van der Waals surface area (Å²) in [7, 11) is 0. The molecule has 7 aliphatic rings. The van der Waals surface area contributed by atoms with E-state index in [-0.39, 0.29) is 30.3 Å². The standard InChI is InChI=1S/C47H80O18/c1-21(2)10-9-13-47(8,65-41-37(59)34(56)32(54)26(18-48)62-41)22-11-15-45(6)30(22)23(50)16-28-44(5)14-12-29(52)43(3,4)39(44)25(17-46(28,45)7)61-42-38(35(57)33(55)27(19-49)63-42)64-40-36(58)31(53)24(51)20-60-40/h10,22-42,48-59H,9,11-20H2,1-8H3/t22?,23-,24-,25+,26-,27-,28-,29+,30?,31+,32-,33-,34+,35+,36-,37-,38-,39+,40+,41+,42?,44-,45-,46-,47-/m1/s1. The number of allylic oxidation sites excluding steroid dienone is 2. The van der Waals surface area contributed by atoms with E-state index in [1.54, 1.807) is 0 Å². The van der Waals surface area contributed by atoms with E-state index >= 15 is 0 Å². The van der Waals surface area contributed by atoms with Gasteiger partial charge in [-0.3, -0.25) is 0 Å². The largest absolute Gasteiger partial charge is 0.394 e. The van der Waals surface area contributed by atoms with Crippen LogP contribution in [-0.2, 0) is 28.4 Å². The van der Waals surface area contributed by atoms with Crippen LogP contribution in [-0.4, -0.2) is 191 Å². The van der Waals surface area contributed by atoms with Crippen LogP contribution in [0, 0.1) is 45.3 Å². The van der Waals surface area contributed by atoms with Crippen LogP contribution in [0.5, 0.6) is 0 Å². The van der Waals surface area contributed by atoms with E-state index in [0.29, 0.717) is 51.4 Å². The van der Waals surface area contributed by atoms with Crippen molar-refractivity contribution in [2.45, 2.75) is 217 Å². The third kappa shape index (κ3) is 8.72. The lowest BCUT2D eigenvalue weighted by molar-refractivity contribution is -0.377. The average Bonchev–Trinajstić information content (AvgIpc) is 3.63. The Bertz CT molecular complexity index is 1660. The van der Waals surface area contributed by atoms with Crippen molar-refractivity contribution in [1.29, 1.82) is 0 Å². The molecule has 65 heavy (non-hydrogen) atoms. The van der Waals surface area contributed by atoms with Crippen molar-refractivity contribution in [3.8, 4) is 0 Å². The summed E-state index contributed by atoms with van der Waals surface area (Å²) in [6, 6.07) is 0. The summed E-state index contributed by atoms with van der Waals surface area (Å²) >= 11 is 0. The maximum atomic E-state index is 12.7. The van der Waals surface area contributed by atoms with Crippen molar-refractivity contribution in [1.82, 2.24) is 0 Å². The predicted octanol–water partition coefficient (Wildman–Crippen LogP) is -0.417. The lowest BCUT2D eigenvalue weighted by Gasteiger charge is -2.72. The Morgan fingerprint density at radius 3 is 1.94 bits per heavy atom. The number of rotatable bonds is 12. The predicted molar refractivity (Wildman–Crippen MR) is 229 cm³/mol. The first-order valence-electron chi connectivity index (χ1n) is 23.9. The van der Waals surface area contributed by atoms with Crippen LogP contribution in [0.2, 0.25) is 0 Å². The molecule has 0 amide bonds. The molecule has 0 aromatic rings. The molecule has 4 saturated carbocycles. The molecule has 0 bridgehead atoms. The van der Waals surface area contributed by atoms with E-state index in [1.807, 2.05) is 34.6 Å². The second kappa shape index (κ2) is 19.0. The lowest BCUT2D eigenvalue weighted by Crippen LogP contribution is -2.71. The van der Waals surface area contributed by atoms with Crippen molar-refractivity contribution in [2.75, 3.05) is 19.8 Å². The van der Waals surface area contributed by atoms with Gasteiger partial charge in [-0.15, -0.1) is 0 Å². The molecule has 376 valence electrons. The summed E-state index contributed by atoms with van der Waals surface area (Å²) in [5.74, 6) is -1.11. The zero-order chi connectivity index (χ0) is 47.9. The molecule has 7 rings (SSSR count). The molecule has 18 heteroatoms. The number of hydrogen-bond acceptors (Lipinski definition) is 18. The molecule has 12 N–H and O–H groups in total. The Morgan fingerprint density at radius 2 is 1.31 bits per heavy atom. The maximum absolute atomic E-state index is 12.7. The van der Waals surface area contributed by atoms with Crippen LogP contribution in [0.15, 0.2) is 11.6 Å². The molecule has 25 atom stereocenters. The van der Waals surface area contributed by atoms with Crippen molar-refractivity contribution >= 4 is 0 Å². The minimum absolute atomic E-state index is 0.0828. The fourth-order valence-electron chi connectivity index (χ4n) is 14.6. The van der Waals surface area contributed by atoms with Gasteiger partial charge in [0.05, 0.1) is 43.7 Å². The molecule has 3 unspecified atom stereocenters. The van der Waals surface area contributed by atoms with Crippen molar-refractivity contribution in [3.63, 3.8) is 0 Å². The number of aliphatic hydroxyl groups is 12. The first-order valence-corrected chi connectivity index (χ1v) is 23.9. The van der Waals surface area contributed by atoms with E-state index < -0.39 is 145 Å². The molecule has 0 aromatic heterocycles. The number of hydrogen-bond donors (Lipinski definition) is 12. The van der Waals surface area contributed by atoms with Gasteiger partial charge in [-0.25, -0.2) is 0 Å². The Labute approximate surface area is 382 Å². The summed E-state index contributed by atoms with van der Waals surface area (Å²) in [6.07, 6.45) is -17.2. The molecule has 3 saturated heterocycles. The van der Waals surface area contributed by atoms with Crippen LogP contribution in [0.25, 0.3) is 0 Å². The van der Waals surface area contributed by atoms with Crippen LogP contribution >= 0.6 is 0 Å². The highest BCUT2D eigenvalue weighted by molar-refractivity contribution is 5.22. The fourth-order valence-corrected chi connectivity index (χ4v) is 14.6. The Balaban J connectivity index is 1.27. The second-order valence-electron chi connectivity index (χ2n) is 22.6. The summed E-state index contributed by atoms with van der Waals surface area (Å²) < 4.78 is 37.7. The molecule has 4 aliphatic carbocycles. The number of aliphatic hydroxyl groups excluding tert-OH is 12. The van der Waals surface area contributed by atoms with Crippen LogP contribution in [0.3, 0.4) is 0 Å². The first kappa shape index (κ1) is 51.9. The first-order chi connectivity index (χ1) is 30.3. The Hall–Kier alpha value is -0.980. The van der Waals surface area contributed by atoms with Crippen LogP contribution in [0.1, 0.15) is 107 Å².